The second-order valence-electron chi connectivity index (χ2n) is 5.68. The highest BCUT2D eigenvalue weighted by Crippen LogP contribution is 2.32. The van der Waals surface area contributed by atoms with E-state index in [0.717, 1.165) is 18.5 Å². The summed E-state index contributed by atoms with van der Waals surface area (Å²) >= 11 is 0. The SMILES string of the molecule is COc1cc(NC(=O)CC2CCCCN2)ccc1-c1cnco1. The highest BCUT2D eigenvalue weighted by molar-refractivity contribution is 5.91. The van der Waals surface area contributed by atoms with Gasteiger partial charge in [-0.2, -0.15) is 0 Å². The number of aromatic nitrogens is 1. The Hall–Kier alpha value is -2.34. The molecule has 1 aliphatic rings. The van der Waals surface area contributed by atoms with E-state index in [1.807, 2.05) is 12.1 Å². The van der Waals surface area contributed by atoms with Crippen molar-refractivity contribution in [3.63, 3.8) is 0 Å². The molecule has 0 saturated carbocycles. The van der Waals surface area contributed by atoms with Crippen LogP contribution in [0, 0.1) is 0 Å². The Morgan fingerprint density at radius 2 is 2.39 bits per heavy atom. The smallest absolute Gasteiger partial charge is 0.225 e. The summed E-state index contributed by atoms with van der Waals surface area (Å²) in [4.78, 5) is 16.1. The van der Waals surface area contributed by atoms with Gasteiger partial charge in [0.25, 0.3) is 0 Å². The molecule has 0 spiro atoms. The third-order valence-electron chi connectivity index (χ3n) is 4.03. The van der Waals surface area contributed by atoms with Crippen molar-refractivity contribution >= 4 is 11.6 Å². The zero-order valence-electron chi connectivity index (χ0n) is 13.2. The molecular weight excluding hydrogens is 294 g/mol. The first kappa shape index (κ1) is 15.6. The molecule has 122 valence electrons. The number of rotatable bonds is 5. The van der Waals surface area contributed by atoms with E-state index in [4.69, 9.17) is 9.15 Å². The first-order valence-corrected chi connectivity index (χ1v) is 7.86. The zero-order valence-corrected chi connectivity index (χ0v) is 13.2. The van der Waals surface area contributed by atoms with Gasteiger partial charge in [0, 0.05) is 24.2 Å². The molecule has 1 unspecified atom stereocenters. The Balaban J connectivity index is 1.67. The molecule has 1 aromatic carbocycles. The van der Waals surface area contributed by atoms with Gasteiger partial charge in [-0.3, -0.25) is 4.79 Å². The quantitative estimate of drug-likeness (QED) is 0.887. The number of anilines is 1. The molecule has 0 bridgehead atoms. The number of carbonyl (C=O) groups is 1. The summed E-state index contributed by atoms with van der Waals surface area (Å²) in [6.45, 7) is 0.998. The van der Waals surface area contributed by atoms with Crippen LogP contribution in [-0.2, 0) is 4.79 Å². The molecule has 6 heteroatoms. The maximum atomic E-state index is 12.2. The van der Waals surface area contributed by atoms with E-state index in [9.17, 15) is 4.79 Å². The number of carbonyl (C=O) groups excluding carboxylic acids is 1. The second-order valence-corrected chi connectivity index (χ2v) is 5.68. The van der Waals surface area contributed by atoms with E-state index in [-0.39, 0.29) is 11.9 Å². The maximum absolute atomic E-state index is 12.2. The van der Waals surface area contributed by atoms with E-state index in [2.05, 4.69) is 15.6 Å². The van der Waals surface area contributed by atoms with Crippen LogP contribution in [0.1, 0.15) is 25.7 Å². The van der Waals surface area contributed by atoms with Gasteiger partial charge in [-0.15, -0.1) is 0 Å². The van der Waals surface area contributed by atoms with Crippen molar-refractivity contribution in [1.82, 2.24) is 10.3 Å². The lowest BCUT2D eigenvalue weighted by Crippen LogP contribution is -2.36. The summed E-state index contributed by atoms with van der Waals surface area (Å²) in [5.41, 5.74) is 1.52. The van der Waals surface area contributed by atoms with Crippen molar-refractivity contribution < 1.29 is 13.9 Å². The van der Waals surface area contributed by atoms with Crippen LogP contribution in [-0.4, -0.2) is 30.6 Å². The molecule has 0 radical (unpaired) electrons. The first-order valence-electron chi connectivity index (χ1n) is 7.86. The molecule has 1 fully saturated rings. The van der Waals surface area contributed by atoms with Crippen LogP contribution in [0.5, 0.6) is 5.75 Å². The van der Waals surface area contributed by atoms with E-state index in [1.54, 1.807) is 19.4 Å². The number of hydrogen-bond donors (Lipinski definition) is 2. The second kappa shape index (κ2) is 7.28. The van der Waals surface area contributed by atoms with Crippen LogP contribution in [0.15, 0.2) is 35.2 Å². The number of methoxy groups -OCH3 is 1. The van der Waals surface area contributed by atoms with Gasteiger partial charge in [-0.1, -0.05) is 6.42 Å². The molecule has 2 heterocycles. The average Bonchev–Trinajstić information content (AvgIpc) is 3.10. The van der Waals surface area contributed by atoms with E-state index in [1.165, 1.54) is 19.2 Å². The Morgan fingerprint density at radius 3 is 3.09 bits per heavy atom. The summed E-state index contributed by atoms with van der Waals surface area (Å²) in [6, 6.07) is 5.77. The molecule has 1 saturated heterocycles. The number of nitrogens with zero attached hydrogens (tertiary/aromatic N) is 1. The van der Waals surface area contributed by atoms with Gasteiger partial charge in [0.05, 0.1) is 18.9 Å². The number of benzene rings is 1. The maximum Gasteiger partial charge on any atom is 0.225 e. The van der Waals surface area contributed by atoms with Gasteiger partial charge in [-0.05, 0) is 31.5 Å². The third kappa shape index (κ3) is 3.90. The average molecular weight is 315 g/mol. The van der Waals surface area contributed by atoms with Crippen molar-refractivity contribution in [3.8, 4) is 17.1 Å². The normalized spacial score (nSPS) is 17.7. The van der Waals surface area contributed by atoms with Gasteiger partial charge < -0.3 is 19.8 Å². The summed E-state index contributed by atoms with van der Waals surface area (Å²) in [5, 5.41) is 6.31. The zero-order chi connectivity index (χ0) is 16.1. The van der Waals surface area contributed by atoms with Crippen LogP contribution in [0.2, 0.25) is 0 Å². The molecule has 6 nitrogen and oxygen atoms in total. The van der Waals surface area contributed by atoms with Gasteiger partial charge in [0.1, 0.15) is 5.75 Å². The van der Waals surface area contributed by atoms with Crippen LogP contribution in [0.4, 0.5) is 5.69 Å². The van der Waals surface area contributed by atoms with Crippen LogP contribution in [0.3, 0.4) is 0 Å². The monoisotopic (exact) mass is 315 g/mol. The van der Waals surface area contributed by atoms with Gasteiger partial charge >= 0.3 is 0 Å². The molecule has 1 aliphatic heterocycles. The van der Waals surface area contributed by atoms with E-state index < -0.39 is 0 Å². The predicted molar refractivity (Wildman–Crippen MR) is 87.4 cm³/mol. The fourth-order valence-corrected chi connectivity index (χ4v) is 2.86. The summed E-state index contributed by atoms with van der Waals surface area (Å²) in [7, 11) is 1.59. The highest BCUT2D eigenvalue weighted by atomic mass is 16.5. The molecule has 1 amide bonds. The molecule has 3 rings (SSSR count). The molecule has 1 aromatic heterocycles. The highest BCUT2D eigenvalue weighted by Gasteiger charge is 2.17. The lowest BCUT2D eigenvalue weighted by Gasteiger charge is -2.22. The molecule has 2 N–H and O–H groups in total. The molecule has 23 heavy (non-hydrogen) atoms. The number of ether oxygens (including phenoxy) is 1. The number of oxazole rings is 1. The Bertz CT molecular complexity index is 649. The Morgan fingerprint density at radius 1 is 1.48 bits per heavy atom. The number of hydrogen-bond acceptors (Lipinski definition) is 5. The summed E-state index contributed by atoms with van der Waals surface area (Å²) in [6.07, 6.45) is 6.93. The van der Waals surface area contributed by atoms with Crippen LogP contribution < -0.4 is 15.4 Å². The van der Waals surface area contributed by atoms with Crippen molar-refractivity contribution in [2.24, 2.45) is 0 Å². The number of piperidine rings is 1. The largest absolute Gasteiger partial charge is 0.496 e. The standard InChI is InChI=1S/C17H21N3O3/c1-22-15-8-13(5-6-14(15)16-10-18-11-23-16)20-17(21)9-12-4-2-3-7-19-12/h5-6,8,10-12,19H,2-4,7,9H2,1H3,(H,20,21). The first-order chi connectivity index (χ1) is 11.3. The summed E-state index contributed by atoms with van der Waals surface area (Å²) < 4.78 is 10.7. The van der Waals surface area contributed by atoms with E-state index in [0.29, 0.717) is 23.6 Å². The third-order valence-corrected chi connectivity index (χ3v) is 4.03. The van der Waals surface area contributed by atoms with Crippen LogP contribution >= 0.6 is 0 Å². The fourth-order valence-electron chi connectivity index (χ4n) is 2.86. The lowest BCUT2D eigenvalue weighted by atomic mass is 10.0. The molecular formula is C17H21N3O3. The lowest BCUT2D eigenvalue weighted by molar-refractivity contribution is -0.116. The minimum Gasteiger partial charge on any atom is -0.496 e. The van der Waals surface area contributed by atoms with Crippen molar-refractivity contribution in [1.29, 1.82) is 0 Å². The molecule has 1 atom stereocenters. The molecule has 2 aromatic rings. The van der Waals surface area contributed by atoms with Gasteiger partial charge in [-0.25, -0.2) is 4.98 Å². The predicted octanol–water partition coefficient (Wildman–Crippen LogP) is 2.82. The van der Waals surface area contributed by atoms with Gasteiger partial charge in [0.2, 0.25) is 5.91 Å². The number of amides is 1. The van der Waals surface area contributed by atoms with Crippen molar-refractivity contribution in [2.45, 2.75) is 31.7 Å². The Kier molecular flexibility index (Phi) is 4.92. The van der Waals surface area contributed by atoms with Crippen molar-refractivity contribution in [2.75, 3.05) is 19.0 Å². The topological polar surface area (TPSA) is 76.4 Å². The minimum atomic E-state index is 0.0128. The minimum absolute atomic E-state index is 0.0128. The fraction of sp³-hybridized carbons (Fsp3) is 0.412. The van der Waals surface area contributed by atoms with E-state index >= 15 is 0 Å². The van der Waals surface area contributed by atoms with Crippen molar-refractivity contribution in [3.05, 3.63) is 30.8 Å². The molecule has 0 aliphatic carbocycles. The Labute approximate surface area is 135 Å². The van der Waals surface area contributed by atoms with Crippen LogP contribution in [0.25, 0.3) is 11.3 Å². The number of nitrogens with one attached hydrogen (secondary N) is 2. The summed E-state index contributed by atoms with van der Waals surface area (Å²) in [5.74, 6) is 1.28. The van der Waals surface area contributed by atoms with Gasteiger partial charge in [0.15, 0.2) is 12.2 Å².